The SMILES string of the molecule is CC(C)(C)[Si](C)(C)C1=[C-]CC=C1.Cl.Cl.[Ti]. The monoisotopic (exact) mass is 299 g/mol. The van der Waals surface area contributed by atoms with E-state index in [1.165, 1.54) is 5.20 Å². The number of hydrogen-bond acceptors (Lipinski definition) is 0. The summed E-state index contributed by atoms with van der Waals surface area (Å²) in [6, 6.07) is 0. The molecular formula is C11H21Cl2SiTi-. The van der Waals surface area contributed by atoms with E-state index in [1.54, 1.807) is 0 Å². The molecule has 0 unspecified atom stereocenters. The second kappa shape index (κ2) is 7.34. The molecule has 0 radical (unpaired) electrons. The van der Waals surface area contributed by atoms with Crippen molar-refractivity contribution in [2.45, 2.75) is 45.3 Å². The van der Waals surface area contributed by atoms with Crippen LogP contribution in [0.15, 0.2) is 17.3 Å². The van der Waals surface area contributed by atoms with Gasteiger partial charge in [-0.2, -0.15) is 6.08 Å². The van der Waals surface area contributed by atoms with E-state index >= 15 is 0 Å². The molecule has 88 valence electrons. The zero-order valence-electron chi connectivity index (χ0n) is 10.2. The fraction of sp³-hybridized carbons (Fsp3) is 0.636. The van der Waals surface area contributed by atoms with Crippen molar-refractivity contribution in [1.29, 1.82) is 0 Å². The summed E-state index contributed by atoms with van der Waals surface area (Å²) >= 11 is 0. The van der Waals surface area contributed by atoms with Crippen LogP contribution in [0.25, 0.3) is 0 Å². The number of allylic oxidation sites excluding steroid dienone is 4. The summed E-state index contributed by atoms with van der Waals surface area (Å²) in [6.07, 6.45) is 8.99. The molecule has 0 fully saturated rings. The molecule has 0 aliphatic heterocycles. The van der Waals surface area contributed by atoms with E-state index in [-0.39, 0.29) is 46.5 Å². The van der Waals surface area contributed by atoms with Crippen LogP contribution >= 0.6 is 24.8 Å². The third kappa shape index (κ3) is 4.79. The van der Waals surface area contributed by atoms with Crippen LogP contribution in [0.3, 0.4) is 0 Å². The summed E-state index contributed by atoms with van der Waals surface area (Å²) in [6.45, 7) is 11.9. The van der Waals surface area contributed by atoms with Crippen molar-refractivity contribution in [3.8, 4) is 0 Å². The third-order valence-electron chi connectivity index (χ3n) is 3.24. The Hall–Kier alpha value is 0.991. The van der Waals surface area contributed by atoms with Crippen LogP contribution in [0, 0.1) is 6.08 Å². The van der Waals surface area contributed by atoms with Gasteiger partial charge in [0.1, 0.15) is 0 Å². The predicted molar refractivity (Wildman–Crippen MR) is 72.2 cm³/mol. The molecule has 0 atom stereocenters. The fourth-order valence-corrected chi connectivity index (χ4v) is 3.12. The average molecular weight is 300 g/mol. The van der Waals surface area contributed by atoms with Crippen molar-refractivity contribution >= 4 is 32.9 Å². The molecule has 0 N–H and O–H groups in total. The molecule has 4 heteroatoms. The number of rotatable bonds is 1. The quantitative estimate of drug-likeness (QED) is 0.492. The first-order valence-electron chi connectivity index (χ1n) is 4.63. The summed E-state index contributed by atoms with van der Waals surface area (Å²) in [5, 5.41) is 1.96. The number of hydrogen-bond donors (Lipinski definition) is 0. The van der Waals surface area contributed by atoms with Gasteiger partial charge < -0.3 is 0 Å². The Morgan fingerprint density at radius 3 is 1.93 bits per heavy atom. The molecule has 0 saturated heterocycles. The van der Waals surface area contributed by atoms with Crippen molar-refractivity contribution < 1.29 is 21.7 Å². The van der Waals surface area contributed by atoms with Gasteiger partial charge in [-0.25, -0.2) is 11.3 Å². The maximum atomic E-state index is 3.47. The third-order valence-corrected chi connectivity index (χ3v) is 8.68. The van der Waals surface area contributed by atoms with Gasteiger partial charge in [0.05, 0.1) is 0 Å². The van der Waals surface area contributed by atoms with Crippen LogP contribution in [-0.4, -0.2) is 8.07 Å². The number of halogens is 2. The van der Waals surface area contributed by atoms with Gasteiger partial charge in [0.25, 0.3) is 0 Å². The first-order chi connectivity index (χ1) is 5.36. The van der Waals surface area contributed by atoms with Crippen LogP contribution < -0.4 is 0 Å². The minimum absolute atomic E-state index is 0. The summed E-state index contributed by atoms with van der Waals surface area (Å²) in [4.78, 5) is 0. The largest absolute Gasteiger partial charge is 0.274 e. The molecule has 0 bridgehead atoms. The van der Waals surface area contributed by atoms with E-state index in [0.717, 1.165) is 6.42 Å². The van der Waals surface area contributed by atoms with Crippen LogP contribution in [0.1, 0.15) is 27.2 Å². The molecule has 0 heterocycles. The zero-order chi connectivity index (χ0) is 9.41. The average Bonchev–Trinajstić information content (AvgIpc) is 2.34. The van der Waals surface area contributed by atoms with Crippen molar-refractivity contribution in [1.82, 2.24) is 0 Å². The predicted octanol–water partition coefficient (Wildman–Crippen LogP) is 4.56. The van der Waals surface area contributed by atoms with E-state index in [1.807, 2.05) is 0 Å². The fourth-order valence-electron chi connectivity index (χ4n) is 1.24. The first kappa shape index (κ1) is 21.3. The van der Waals surface area contributed by atoms with Crippen LogP contribution in [0.2, 0.25) is 18.1 Å². The van der Waals surface area contributed by atoms with E-state index in [0.29, 0.717) is 5.04 Å². The van der Waals surface area contributed by atoms with E-state index in [4.69, 9.17) is 0 Å². The molecule has 1 rings (SSSR count). The van der Waals surface area contributed by atoms with Gasteiger partial charge in [0.2, 0.25) is 0 Å². The molecule has 0 spiro atoms. The maximum Gasteiger partial charge on any atom is 0.0479 e. The molecule has 0 amide bonds. The Morgan fingerprint density at radius 1 is 1.20 bits per heavy atom. The minimum atomic E-state index is -1.25. The standard InChI is InChI=1S/C11H19Si.2ClH.Ti/c1-11(2,3)12(4,5)10-8-6-7-9-10;;;/h6,8H,7H2,1-5H3;2*1H;/q-1;;;. The Kier molecular flexibility index (Phi) is 10.4. The van der Waals surface area contributed by atoms with E-state index in [2.05, 4.69) is 52.1 Å². The van der Waals surface area contributed by atoms with Gasteiger partial charge in [-0.15, -0.1) is 31.2 Å². The van der Waals surface area contributed by atoms with Crippen LogP contribution in [0.5, 0.6) is 0 Å². The van der Waals surface area contributed by atoms with Crippen LogP contribution in [-0.2, 0) is 21.7 Å². The Labute approximate surface area is 123 Å². The molecule has 0 aromatic heterocycles. The minimum Gasteiger partial charge on any atom is -0.274 e. The topological polar surface area (TPSA) is 0 Å². The molecule has 0 aromatic carbocycles. The summed E-state index contributed by atoms with van der Waals surface area (Å²) < 4.78 is 0. The molecule has 0 saturated carbocycles. The van der Waals surface area contributed by atoms with E-state index < -0.39 is 8.07 Å². The van der Waals surface area contributed by atoms with Crippen molar-refractivity contribution in [3.63, 3.8) is 0 Å². The van der Waals surface area contributed by atoms with Gasteiger partial charge in [0.15, 0.2) is 0 Å². The smallest absolute Gasteiger partial charge is 0.0479 e. The Bertz CT molecular complexity index is 239. The molecule has 1 aliphatic rings. The van der Waals surface area contributed by atoms with Crippen LogP contribution in [0.4, 0.5) is 0 Å². The maximum absolute atomic E-state index is 3.47. The van der Waals surface area contributed by atoms with Crippen molar-refractivity contribution in [2.24, 2.45) is 0 Å². The van der Waals surface area contributed by atoms with Gasteiger partial charge in [-0.3, -0.25) is 6.08 Å². The van der Waals surface area contributed by atoms with Crippen molar-refractivity contribution in [3.05, 3.63) is 23.4 Å². The molecule has 1 aliphatic carbocycles. The Balaban J connectivity index is -0.000000480. The second-order valence-electron chi connectivity index (χ2n) is 5.07. The molecule has 0 aromatic rings. The van der Waals surface area contributed by atoms with Gasteiger partial charge >= 0.3 is 0 Å². The summed E-state index contributed by atoms with van der Waals surface area (Å²) in [5.41, 5.74) is 0. The summed E-state index contributed by atoms with van der Waals surface area (Å²) in [5.74, 6) is 0. The molecular weight excluding hydrogens is 279 g/mol. The Morgan fingerprint density at radius 2 is 1.67 bits per heavy atom. The zero-order valence-corrected chi connectivity index (χ0v) is 14.4. The van der Waals surface area contributed by atoms with Gasteiger partial charge in [0, 0.05) is 29.8 Å². The first-order valence-corrected chi connectivity index (χ1v) is 7.63. The van der Waals surface area contributed by atoms with Gasteiger partial charge in [-0.05, 0) is 5.04 Å². The molecule has 0 nitrogen and oxygen atoms in total. The van der Waals surface area contributed by atoms with Crippen molar-refractivity contribution in [2.75, 3.05) is 0 Å². The van der Waals surface area contributed by atoms with Gasteiger partial charge in [-0.1, -0.05) is 33.9 Å². The van der Waals surface area contributed by atoms with E-state index in [9.17, 15) is 0 Å². The second-order valence-corrected chi connectivity index (χ2v) is 10.4. The molecule has 15 heavy (non-hydrogen) atoms. The summed E-state index contributed by atoms with van der Waals surface area (Å²) in [7, 11) is -1.25. The normalized spacial score (nSPS) is 14.6.